The van der Waals surface area contributed by atoms with Crippen LogP contribution < -0.4 is 0 Å². The van der Waals surface area contributed by atoms with E-state index >= 15 is 0 Å². The molecule has 1 unspecified atom stereocenters. The van der Waals surface area contributed by atoms with Gasteiger partial charge in [0.1, 0.15) is 0 Å². The first-order valence-corrected chi connectivity index (χ1v) is 7.43. The maximum atomic E-state index is 12.5. The summed E-state index contributed by atoms with van der Waals surface area (Å²) in [5.41, 5.74) is 0.371. The van der Waals surface area contributed by atoms with Crippen LogP contribution >= 0.6 is 11.6 Å². The average Bonchev–Trinajstić information content (AvgIpc) is 2.48. The second-order valence-corrected chi connectivity index (χ2v) is 5.08. The monoisotopic (exact) mass is 326 g/mol. The number of ketones is 1. The van der Waals surface area contributed by atoms with Crippen LogP contribution in [0.4, 0.5) is 0 Å². The molecule has 0 heterocycles. The molecule has 1 aromatic rings. The van der Waals surface area contributed by atoms with Crippen molar-refractivity contribution < 1.29 is 23.9 Å². The van der Waals surface area contributed by atoms with Gasteiger partial charge in [-0.2, -0.15) is 0 Å². The van der Waals surface area contributed by atoms with E-state index in [2.05, 4.69) is 0 Å². The normalized spacial score (nSPS) is 11.9. The van der Waals surface area contributed by atoms with Gasteiger partial charge in [-0.1, -0.05) is 18.5 Å². The minimum atomic E-state index is -1.27. The van der Waals surface area contributed by atoms with Crippen molar-refractivity contribution in [1.82, 2.24) is 0 Å². The Morgan fingerprint density at radius 1 is 1.00 bits per heavy atom. The maximum Gasteiger partial charge on any atom is 0.321 e. The smallest absolute Gasteiger partial charge is 0.321 e. The Bertz CT molecular complexity index is 520. The van der Waals surface area contributed by atoms with Gasteiger partial charge in [-0.25, -0.2) is 0 Å². The number of carbonyl (C=O) groups is 3. The van der Waals surface area contributed by atoms with Gasteiger partial charge in [-0.15, -0.1) is 0 Å². The third-order valence-corrected chi connectivity index (χ3v) is 3.38. The second kappa shape index (κ2) is 8.54. The molecule has 1 atom stereocenters. The van der Waals surface area contributed by atoms with Crippen molar-refractivity contribution in [3.8, 4) is 0 Å². The summed E-state index contributed by atoms with van der Waals surface area (Å²) in [7, 11) is 0. The number of ether oxygens (including phenoxy) is 2. The zero-order valence-electron chi connectivity index (χ0n) is 12.8. The topological polar surface area (TPSA) is 69.7 Å². The lowest BCUT2D eigenvalue weighted by Gasteiger charge is -2.20. The molecule has 6 heteroatoms. The number of halogens is 1. The van der Waals surface area contributed by atoms with Gasteiger partial charge in [0.25, 0.3) is 0 Å². The molecule has 0 amide bonds. The molecule has 0 aliphatic carbocycles. The number of hydrogen-bond donors (Lipinski definition) is 0. The van der Waals surface area contributed by atoms with E-state index in [4.69, 9.17) is 21.1 Å². The molecule has 1 rings (SSSR count). The SMILES string of the molecule is CCOC(=O)C(C(=O)OCC)C(C)C(=O)c1ccc(Cl)cc1. The van der Waals surface area contributed by atoms with Crippen LogP contribution in [-0.2, 0) is 19.1 Å². The minimum absolute atomic E-state index is 0.122. The largest absolute Gasteiger partial charge is 0.465 e. The van der Waals surface area contributed by atoms with E-state index < -0.39 is 23.8 Å². The summed E-state index contributed by atoms with van der Waals surface area (Å²) in [6.07, 6.45) is 0. The van der Waals surface area contributed by atoms with Gasteiger partial charge >= 0.3 is 11.9 Å². The first-order valence-electron chi connectivity index (χ1n) is 7.05. The second-order valence-electron chi connectivity index (χ2n) is 4.64. The van der Waals surface area contributed by atoms with Crippen LogP contribution in [0, 0.1) is 11.8 Å². The van der Waals surface area contributed by atoms with Crippen molar-refractivity contribution in [2.75, 3.05) is 13.2 Å². The highest BCUT2D eigenvalue weighted by atomic mass is 35.5. The molecule has 0 fully saturated rings. The lowest BCUT2D eigenvalue weighted by Crippen LogP contribution is -2.37. The third-order valence-electron chi connectivity index (χ3n) is 3.12. The number of Topliss-reactive ketones (excluding diaryl/α,β-unsaturated/α-hetero) is 1. The van der Waals surface area contributed by atoms with Crippen LogP contribution in [0.5, 0.6) is 0 Å². The quantitative estimate of drug-likeness (QED) is 0.438. The fraction of sp³-hybridized carbons (Fsp3) is 0.438. The Balaban J connectivity index is 3.01. The van der Waals surface area contributed by atoms with Gasteiger partial charge in [0.15, 0.2) is 11.7 Å². The van der Waals surface area contributed by atoms with Gasteiger partial charge in [-0.05, 0) is 38.1 Å². The van der Waals surface area contributed by atoms with Crippen LogP contribution in [0.1, 0.15) is 31.1 Å². The average molecular weight is 327 g/mol. The van der Waals surface area contributed by atoms with Crippen LogP contribution in [0.3, 0.4) is 0 Å². The van der Waals surface area contributed by atoms with Gasteiger partial charge in [0, 0.05) is 16.5 Å². The van der Waals surface area contributed by atoms with Crippen molar-refractivity contribution in [3.63, 3.8) is 0 Å². The summed E-state index contributed by atoms with van der Waals surface area (Å²) in [5.74, 6) is -4.02. The summed E-state index contributed by atoms with van der Waals surface area (Å²) in [4.78, 5) is 36.4. The summed E-state index contributed by atoms with van der Waals surface area (Å²) >= 11 is 5.78. The Labute approximate surface area is 134 Å². The highest BCUT2D eigenvalue weighted by molar-refractivity contribution is 6.30. The molecule has 1 aromatic carbocycles. The highest BCUT2D eigenvalue weighted by Crippen LogP contribution is 2.22. The van der Waals surface area contributed by atoms with E-state index in [1.165, 1.54) is 6.92 Å². The highest BCUT2D eigenvalue weighted by Gasteiger charge is 2.39. The molecular weight excluding hydrogens is 308 g/mol. The molecule has 5 nitrogen and oxygen atoms in total. The van der Waals surface area contributed by atoms with Crippen molar-refractivity contribution in [2.24, 2.45) is 11.8 Å². The van der Waals surface area contributed by atoms with Gasteiger partial charge in [0.05, 0.1) is 13.2 Å². The van der Waals surface area contributed by atoms with E-state index in [9.17, 15) is 14.4 Å². The van der Waals surface area contributed by atoms with Crippen LogP contribution in [0.15, 0.2) is 24.3 Å². The maximum absolute atomic E-state index is 12.5. The molecule has 22 heavy (non-hydrogen) atoms. The van der Waals surface area contributed by atoms with Gasteiger partial charge < -0.3 is 9.47 Å². The standard InChI is InChI=1S/C16H19ClO5/c1-4-21-15(19)13(16(20)22-5-2)10(3)14(18)11-6-8-12(17)9-7-11/h6-10,13H,4-5H2,1-3H3. The molecule has 120 valence electrons. The molecule has 0 aromatic heterocycles. The number of benzene rings is 1. The number of esters is 2. The van der Waals surface area contributed by atoms with Crippen molar-refractivity contribution in [2.45, 2.75) is 20.8 Å². The predicted octanol–water partition coefficient (Wildman–Crippen LogP) is 2.90. The fourth-order valence-electron chi connectivity index (χ4n) is 2.00. The van der Waals surface area contributed by atoms with Crippen LogP contribution in [-0.4, -0.2) is 30.9 Å². The lowest BCUT2D eigenvalue weighted by molar-refractivity contribution is -0.163. The lowest BCUT2D eigenvalue weighted by atomic mass is 9.87. The summed E-state index contributed by atoms with van der Waals surface area (Å²) in [6.45, 7) is 5.01. The Morgan fingerprint density at radius 2 is 1.45 bits per heavy atom. The fourth-order valence-corrected chi connectivity index (χ4v) is 2.12. The van der Waals surface area contributed by atoms with E-state index in [0.717, 1.165) is 0 Å². The molecule has 0 N–H and O–H groups in total. The van der Waals surface area contributed by atoms with Crippen LogP contribution in [0.2, 0.25) is 5.02 Å². The van der Waals surface area contributed by atoms with Crippen molar-refractivity contribution in [1.29, 1.82) is 0 Å². The van der Waals surface area contributed by atoms with Crippen LogP contribution in [0.25, 0.3) is 0 Å². The summed E-state index contributed by atoms with van der Waals surface area (Å²) in [5, 5.41) is 0.497. The third kappa shape index (κ3) is 4.56. The minimum Gasteiger partial charge on any atom is -0.465 e. The predicted molar refractivity (Wildman–Crippen MR) is 81.7 cm³/mol. The molecule has 0 radical (unpaired) electrons. The van der Waals surface area contributed by atoms with E-state index in [-0.39, 0.29) is 19.0 Å². The number of rotatable bonds is 7. The Morgan fingerprint density at radius 3 is 1.86 bits per heavy atom. The molecule has 0 bridgehead atoms. The zero-order chi connectivity index (χ0) is 16.7. The summed E-state index contributed by atoms with van der Waals surface area (Å²) in [6, 6.07) is 6.25. The van der Waals surface area contributed by atoms with Gasteiger partial charge in [0.2, 0.25) is 0 Å². The molecule has 0 saturated heterocycles. The van der Waals surface area contributed by atoms with E-state index in [0.29, 0.717) is 10.6 Å². The molecule has 0 saturated carbocycles. The Kier molecular flexibility index (Phi) is 7.05. The zero-order valence-corrected chi connectivity index (χ0v) is 13.6. The molecule has 0 spiro atoms. The van der Waals surface area contributed by atoms with Crippen molar-refractivity contribution in [3.05, 3.63) is 34.9 Å². The number of carbonyl (C=O) groups excluding carboxylic acids is 3. The van der Waals surface area contributed by atoms with Gasteiger partial charge in [-0.3, -0.25) is 14.4 Å². The van der Waals surface area contributed by atoms with Crippen molar-refractivity contribution >= 4 is 29.3 Å². The molecule has 0 aliphatic rings. The van der Waals surface area contributed by atoms with E-state index in [1.54, 1.807) is 38.1 Å². The Hall–Kier alpha value is -1.88. The first kappa shape index (κ1) is 18.2. The molecule has 0 aliphatic heterocycles. The first-order chi connectivity index (χ1) is 10.4. The summed E-state index contributed by atoms with van der Waals surface area (Å²) < 4.78 is 9.77. The number of hydrogen-bond acceptors (Lipinski definition) is 5. The van der Waals surface area contributed by atoms with E-state index in [1.807, 2.05) is 0 Å². The molecular formula is C16H19ClO5.